The number of nitrogens with zero attached hydrogens (tertiary/aromatic N) is 1. The van der Waals surface area contributed by atoms with Crippen molar-refractivity contribution in [3.8, 4) is 5.75 Å². The van der Waals surface area contributed by atoms with Gasteiger partial charge in [-0.1, -0.05) is 0 Å². The second-order valence-electron chi connectivity index (χ2n) is 3.24. The molecule has 0 fully saturated rings. The van der Waals surface area contributed by atoms with Crippen molar-refractivity contribution in [1.29, 1.82) is 0 Å². The third-order valence-corrected chi connectivity index (χ3v) is 2.00. The highest BCUT2D eigenvalue weighted by Gasteiger charge is 2.30. The summed E-state index contributed by atoms with van der Waals surface area (Å²) in [4.78, 5) is 15.4. The van der Waals surface area contributed by atoms with Crippen LogP contribution < -0.4 is 15.8 Å². The number of carbonyl (C=O) groups excluding carboxylic acids is 1. The highest BCUT2D eigenvalue weighted by molar-refractivity contribution is 5.97. The molecule has 0 radical (unpaired) electrons. The van der Waals surface area contributed by atoms with Crippen LogP contribution in [0.3, 0.4) is 0 Å². The van der Waals surface area contributed by atoms with Crippen molar-refractivity contribution < 1.29 is 9.53 Å². The van der Waals surface area contributed by atoms with Crippen LogP contribution in [0.15, 0.2) is 18.3 Å². The minimum Gasteiger partial charge on any atom is -0.475 e. The molecular formula is C9H11N3O2. The van der Waals surface area contributed by atoms with Crippen LogP contribution in [0.1, 0.15) is 6.92 Å². The Hall–Kier alpha value is -1.62. The fraction of sp³-hybridized carbons (Fsp3) is 0.333. The lowest BCUT2D eigenvalue weighted by Crippen LogP contribution is -2.48. The Morgan fingerprint density at radius 2 is 2.50 bits per heavy atom. The standard InChI is InChI=1S/C9H11N3O2/c1-5(10)7-9(13)12-8-6(14-7)3-2-4-11-8/h2-5,7H,10H2,1H3,(H,11,12,13). The summed E-state index contributed by atoms with van der Waals surface area (Å²) in [6, 6.07) is 3.15. The normalized spacial score (nSPS) is 21.9. The van der Waals surface area contributed by atoms with Gasteiger partial charge in [0.2, 0.25) is 0 Å². The van der Waals surface area contributed by atoms with Gasteiger partial charge >= 0.3 is 0 Å². The number of amides is 1. The van der Waals surface area contributed by atoms with Crippen LogP contribution in [-0.2, 0) is 4.79 Å². The van der Waals surface area contributed by atoms with Crippen molar-refractivity contribution in [2.24, 2.45) is 5.73 Å². The van der Waals surface area contributed by atoms with Gasteiger partial charge in [-0.05, 0) is 19.1 Å². The van der Waals surface area contributed by atoms with Crippen LogP contribution in [0.2, 0.25) is 0 Å². The number of aromatic nitrogens is 1. The topological polar surface area (TPSA) is 77.2 Å². The van der Waals surface area contributed by atoms with Gasteiger partial charge in [0.05, 0.1) is 0 Å². The first-order chi connectivity index (χ1) is 6.68. The summed E-state index contributed by atoms with van der Waals surface area (Å²) in [6.07, 6.45) is 0.959. The lowest BCUT2D eigenvalue weighted by molar-refractivity contribution is -0.124. The van der Waals surface area contributed by atoms with E-state index < -0.39 is 6.10 Å². The first kappa shape index (κ1) is 8.96. The molecule has 0 bridgehead atoms. The molecule has 0 saturated carbocycles. The molecule has 2 atom stereocenters. The van der Waals surface area contributed by atoms with E-state index in [-0.39, 0.29) is 11.9 Å². The van der Waals surface area contributed by atoms with Gasteiger partial charge in [0, 0.05) is 12.2 Å². The molecule has 2 heterocycles. The first-order valence-electron chi connectivity index (χ1n) is 4.36. The molecule has 0 aromatic carbocycles. The van der Waals surface area contributed by atoms with Crippen LogP contribution in [0.25, 0.3) is 0 Å². The number of ether oxygens (including phenoxy) is 1. The van der Waals surface area contributed by atoms with Crippen LogP contribution in [0.4, 0.5) is 5.82 Å². The number of nitrogens with two attached hydrogens (primary N) is 1. The smallest absolute Gasteiger partial charge is 0.268 e. The predicted octanol–water partition coefficient (Wildman–Crippen LogP) is 0.128. The number of fused-ring (bicyclic) bond motifs is 1. The summed E-state index contributed by atoms with van der Waals surface area (Å²) < 4.78 is 5.41. The molecule has 5 nitrogen and oxygen atoms in total. The maximum atomic E-state index is 11.4. The van der Waals surface area contributed by atoms with Crippen molar-refractivity contribution in [3.05, 3.63) is 18.3 Å². The van der Waals surface area contributed by atoms with E-state index in [0.29, 0.717) is 11.6 Å². The third kappa shape index (κ3) is 1.42. The number of rotatable bonds is 1. The molecule has 0 spiro atoms. The van der Waals surface area contributed by atoms with Gasteiger partial charge in [0.15, 0.2) is 17.7 Å². The fourth-order valence-corrected chi connectivity index (χ4v) is 1.30. The zero-order chi connectivity index (χ0) is 10.1. The van der Waals surface area contributed by atoms with Crippen molar-refractivity contribution in [1.82, 2.24) is 4.98 Å². The van der Waals surface area contributed by atoms with Crippen molar-refractivity contribution in [3.63, 3.8) is 0 Å². The first-order valence-corrected chi connectivity index (χ1v) is 4.36. The maximum absolute atomic E-state index is 11.4. The van der Waals surface area contributed by atoms with E-state index in [4.69, 9.17) is 10.5 Å². The number of hydrogen-bond donors (Lipinski definition) is 2. The van der Waals surface area contributed by atoms with Gasteiger partial charge in [-0.25, -0.2) is 4.98 Å². The number of carbonyl (C=O) groups is 1. The molecule has 1 aliphatic rings. The summed E-state index contributed by atoms with van der Waals surface area (Å²) in [5.41, 5.74) is 5.61. The van der Waals surface area contributed by atoms with E-state index in [0.717, 1.165) is 0 Å². The molecule has 0 aliphatic carbocycles. The summed E-state index contributed by atoms with van der Waals surface area (Å²) >= 11 is 0. The molecule has 2 rings (SSSR count). The monoisotopic (exact) mass is 193 g/mol. The number of anilines is 1. The van der Waals surface area contributed by atoms with Crippen molar-refractivity contribution in [2.45, 2.75) is 19.1 Å². The van der Waals surface area contributed by atoms with E-state index in [9.17, 15) is 4.79 Å². The van der Waals surface area contributed by atoms with Crippen LogP contribution >= 0.6 is 0 Å². The minimum absolute atomic E-state index is 0.244. The number of pyridine rings is 1. The molecule has 74 valence electrons. The summed E-state index contributed by atoms with van der Waals surface area (Å²) in [5.74, 6) is 0.773. The van der Waals surface area contributed by atoms with Gasteiger partial charge in [0.25, 0.3) is 5.91 Å². The molecule has 1 aromatic rings. The molecule has 0 saturated heterocycles. The summed E-state index contributed by atoms with van der Waals surface area (Å²) in [6.45, 7) is 1.73. The molecule has 2 unspecified atom stereocenters. The lowest BCUT2D eigenvalue weighted by Gasteiger charge is -2.26. The Morgan fingerprint density at radius 3 is 3.21 bits per heavy atom. The number of hydrogen-bond acceptors (Lipinski definition) is 4. The van der Waals surface area contributed by atoms with Gasteiger partial charge in [-0.15, -0.1) is 0 Å². The maximum Gasteiger partial charge on any atom is 0.268 e. The Balaban J connectivity index is 2.31. The van der Waals surface area contributed by atoms with Crippen molar-refractivity contribution >= 4 is 11.7 Å². The van der Waals surface area contributed by atoms with E-state index in [1.54, 1.807) is 25.3 Å². The third-order valence-electron chi connectivity index (χ3n) is 2.00. The van der Waals surface area contributed by atoms with E-state index >= 15 is 0 Å². The molecule has 14 heavy (non-hydrogen) atoms. The molecule has 1 amide bonds. The average Bonchev–Trinajstić information content (AvgIpc) is 2.16. The lowest BCUT2D eigenvalue weighted by atomic mass is 10.1. The minimum atomic E-state index is -0.633. The summed E-state index contributed by atoms with van der Waals surface area (Å²) in [7, 11) is 0. The molecular weight excluding hydrogens is 182 g/mol. The second kappa shape index (κ2) is 3.26. The molecule has 5 heteroatoms. The van der Waals surface area contributed by atoms with Gasteiger partial charge in [-0.2, -0.15) is 0 Å². The quantitative estimate of drug-likeness (QED) is 0.664. The fourth-order valence-electron chi connectivity index (χ4n) is 1.30. The average molecular weight is 193 g/mol. The van der Waals surface area contributed by atoms with Crippen molar-refractivity contribution in [2.75, 3.05) is 5.32 Å². The second-order valence-corrected chi connectivity index (χ2v) is 3.24. The molecule has 1 aromatic heterocycles. The van der Waals surface area contributed by atoms with Gasteiger partial charge in [0.1, 0.15) is 0 Å². The van der Waals surface area contributed by atoms with E-state index in [1.165, 1.54) is 0 Å². The van der Waals surface area contributed by atoms with E-state index in [1.807, 2.05) is 0 Å². The Bertz CT molecular complexity index is 365. The largest absolute Gasteiger partial charge is 0.475 e. The van der Waals surface area contributed by atoms with Crippen LogP contribution in [0.5, 0.6) is 5.75 Å². The predicted molar refractivity (Wildman–Crippen MR) is 50.9 cm³/mol. The van der Waals surface area contributed by atoms with Crippen LogP contribution in [-0.4, -0.2) is 23.0 Å². The van der Waals surface area contributed by atoms with E-state index in [2.05, 4.69) is 10.3 Å². The highest BCUT2D eigenvalue weighted by atomic mass is 16.5. The SMILES string of the molecule is CC(N)C1Oc2cccnc2NC1=O. The van der Waals surface area contributed by atoms with Crippen LogP contribution in [0, 0.1) is 0 Å². The molecule has 3 N–H and O–H groups in total. The van der Waals surface area contributed by atoms with Gasteiger partial charge < -0.3 is 15.8 Å². The Morgan fingerprint density at radius 1 is 1.71 bits per heavy atom. The Labute approximate surface area is 81.3 Å². The number of nitrogens with one attached hydrogen (secondary N) is 1. The molecule has 1 aliphatic heterocycles. The zero-order valence-corrected chi connectivity index (χ0v) is 7.73. The zero-order valence-electron chi connectivity index (χ0n) is 7.73. The summed E-state index contributed by atoms with van der Waals surface area (Å²) in [5, 5.41) is 2.64. The van der Waals surface area contributed by atoms with Gasteiger partial charge in [-0.3, -0.25) is 4.79 Å². The highest BCUT2D eigenvalue weighted by Crippen LogP contribution is 2.26. The Kier molecular flexibility index (Phi) is 2.09.